The van der Waals surface area contributed by atoms with E-state index in [1.165, 1.54) is 18.6 Å². The van der Waals surface area contributed by atoms with Gasteiger partial charge in [-0.1, -0.05) is 11.6 Å². The van der Waals surface area contributed by atoms with Crippen molar-refractivity contribution in [2.75, 3.05) is 16.8 Å². The lowest BCUT2D eigenvalue weighted by atomic mass is 10.2. The molecule has 0 radical (unpaired) electrons. The van der Waals surface area contributed by atoms with Gasteiger partial charge in [0.2, 0.25) is 5.91 Å². The van der Waals surface area contributed by atoms with Gasteiger partial charge in [0.05, 0.1) is 16.7 Å². The van der Waals surface area contributed by atoms with E-state index < -0.39 is 19.7 Å². The average molecular weight is 473 g/mol. The Hall–Kier alpha value is -2.10. The fraction of sp³-hybridized carbons (Fsp3) is 0.0667. The summed E-state index contributed by atoms with van der Waals surface area (Å²) in [5, 5.41) is 6.60. The van der Waals surface area contributed by atoms with Gasteiger partial charge in [-0.3, -0.25) is 9.36 Å². The van der Waals surface area contributed by atoms with Crippen LogP contribution in [0, 0.1) is 0 Å². The van der Waals surface area contributed by atoms with Crippen LogP contribution in [0.15, 0.2) is 41.3 Å². The number of amides is 1. The summed E-state index contributed by atoms with van der Waals surface area (Å²) >= 11 is 9.34. The fourth-order valence-corrected chi connectivity index (χ4v) is 3.16. The van der Waals surface area contributed by atoms with Crippen LogP contribution in [-0.2, 0) is 9.36 Å². The Bertz CT molecular complexity index is 1080. The molecule has 0 fully saturated rings. The summed E-state index contributed by atoms with van der Waals surface area (Å²) in [5.74, 6) is -0.263. The van der Waals surface area contributed by atoms with Crippen molar-refractivity contribution in [3.8, 4) is 0 Å². The molecule has 27 heavy (non-hydrogen) atoms. The lowest BCUT2D eigenvalue weighted by Crippen LogP contribution is -2.17. The second-order valence-corrected chi connectivity index (χ2v) is 8.34. The first-order valence-electron chi connectivity index (χ1n) is 7.38. The van der Waals surface area contributed by atoms with Crippen LogP contribution >= 0.6 is 35.1 Å². The number of nitrogens with one attached hydrogen (secondary N) is 2. The maximum Gasteiger partial charge on any atom is 0.334 e. The van der Waals surface area contributed by atoms with Crippen LogP contribution in [-0.4, -0.2) is 36.8 Å². The first kappa shape index (κ1) is 19.7. The fourth-order valence-electron chi connectivity index (χ4n) is 2.21. The van der Waals surface area contributed by atoms with Crippen molar-refractivity contribution < 1.29 is 19.1 Å². The number of halogens is 2. The van der Waals surface area contributed by atoms with E-state index in [1.807, 2.05) is 0 Å². The van der Waals surface area contributed by atoms with Gasteiger partial charge in [-0.15, -0.1) is 0 Å². The summed E-state index contributed by atoms with van der Waals surface area (Å²) in [5.41, 5.74) is 1.24. The molecule has 0 aliphatic carbocycles. The van der Waals surface area contributed by atoms with Gasteiger partial charge in [0.1, 0.15) is 24.1 Å². The number of rotatable bonds is 5. The number of carbonyl (C=O) groups is 1. The maximum absolute atomic E-state index is 11.7. The van der Waals surface area contributed by atoms with E-state index in [0.717, 1.165) is 5.69 Å². The zero-order valence-corrected chi connectivity index (χ0v) is 16.7. The summed E-state index contributed by atoms with van der Waals surface area (Å²) in [4.78, 5) is 41.8. The van der Waals surface area contributed by atoms with Crippen LogP contribution in [0.2, 0.25) is 5.02 Å². The van der Waals surface area contributed by atoms with Crippen molar-refractivity contribution in [2.24, 2.45) is 0 Å². The molecule has 3 aromatic rings. The first-order valence-corrected chi connectivity index (χ1v) is 10.4. The number of benzene rings is 1. The molecule has 140 valence electrons. The molecule has 0 saturated carbocycles. The topological polar surface area (TPSA) is 137 Å². The minimum absolute atomic E-state index is 0.121. The van der Waals surface area contributed by atoms with E-state index in [4.69, 9.17) is 21.4 Å². The molecule has 1 aromatic carbocycles. The van der Waals surface area contributed by atoms with Gasteiger partial charge in [0.25, 0.3) is 0 Å². The summed E-state index contributed by atoms with van der Waals surface area (Å²) in [6.07, 6.45) is 1.86. The van der Waals surface area contributed by atoms with Crippen LogP contribution in [0.25, 0.3) is 10.9 Å². The van der Waals surface area contributed by atoms with Gasteiger partial charge >= 0.3 is 7.60 Å². The van der Waals surface area contributed by atoms with Crippen LogP contribution in [0.3, 0.4) is 0 Å². The second kappa shape index (κ2) is 7.87. The monoisotopic (exact) mass is 471 g/mol. The molecule has 0 aliphatic rings. The number of hydrogen-bond donors (Lipinski definition) is 4. The molecule has 0 spiro atoms. The van der Waals surface area contributed by atoms with Crippen molar-refractivity contribution >= 4 is 69.3 Å². The highest BCUT2D eigenvalue weighted by Crippen LogP contribution is 2.34. The number of carbonyl (C=O) groups excluding carboxylic acids is 1. The molecule has 1 amide bonds. The summed E-state index contributed by atoms with van der Waals surface area (Å²) in [6, 6.07) is 6.78. The molecule has 2 aromatic heterocycles. The number of pyridine rings is 1. The Balaban J connectivity index is 1.90. The smallest absolute Gasteiger partial charge is 0.334 e. The maximum atomic E-state index is 11.7. The SMILES string of the molecule is O=C(CP(=O)(O)O)Nc1cc2c(Nc3ccc(Cl)c(Br)c3)ncnc2cn1. The molecule has 2 heterocycles. The Kier molecular flexibility index (Phi) is 5.73. The summed E-state index contributed by atoms with van der Waals surface area (Å²) in [6.45, 7) is 0. The molecule has 9 nitrogen and oxygen atoms in total. The van der Waals surface area contributed by atoms with Gasteiger partial charge in [-0.25, -0.2) is 15.0 Å². The number of anilines is 3. The van der Waals surface area contributed by atoms with E-state index in [1.54, 1.807) is 18.2 Å². The highest BCUT2D eigenvalue weighted by Gasteiger charge is 2.19. The lowest BCUT2D eigenvalue weighted by molar-refractivity contribution is -0.114. The zero-order chi connectivity index (χ0) is 19.6. The van der Waals surface area contributed by atoms with Gasteiger partial charge in [0, 0.05) is 15.5 Å². The van der Waals surface area contributed by atoms with E-state index in [2.05, 4.69) is 41.5 Å². The van der Waals surface area contributed by atoms with Crippen molar-refractivity contribution in [2.45, 2.75) is 0 Å². The molecular formula is C15H12BrClN5O4P. The molecule has 0 saturated heterocycles. The van der Waals surface area contributed by atoms with E-state index in [-0.39, 0.29) is 5.82 Å². The van der Waals surface area contributed by atoms with E-state index in [0.29, 0.717) is 26.2 Å². The minimum Gasteiger partial charge on any atom is -0.340 e. The Morgan fingerprint density at radius 3 is 2.70 bits per heavy atom. The van der Waals surface area contributed by atoms with Gasteiger partial charge in [0.15, 0.2) is 0 Å². The highest BCUT2D eigenvalue weighted by molar-refractivity contribution is 9.10. The number of hydrogen-bond acceptors (Lipinski definition) is 6. The largest absolute Gasteiger partial charge is 0.340 e. The summed E-state index contributed by atoms with van der Waals surface area (Å²) < 4.78 is 11.6. The van der Waals surface area contributed by atoms with Gasteiger partial charge in [-0.2, -0.15) is 0 Å². The van der Waals surface area contributed by atoms with Crippen molar-refractivity contribution in [3.05, 3.63) is 46.3 Å². The third kappa shape index (κ3) is 5.21. The third-order valence-corrected chi connectivity index (χ3v) is 5.23. The van der Waals surface area contributed by atoms with E-state index in [9.17, 15) is 9.36 Å². The average Bonchev–Trinajstić information content (AvgIpc) is 2.57. The van der Waals surface area contributed by atoms with Crippen LogP contribution < -0.4 is 10.6 Å². The molecule has 0 atom stereocenters. The predicted molar refractivity (Wildman–Crippen MR) is 105 cm³/mol. The van der Waals surface area contributed by atoms with Gasteiger partial charge in [-0.05, 0) is 40.2 Å². The van der Waals surface area contributed by atoms with Gasteiger partial charge < -0.3 is 20.4 Å². The summed E-state index contributed by atoms with van der Waals surface area (Å²) in [7, 11) is -4.46. The van der Waals surface area contributed by atoms with Crippen LogP contribution in [0.1, 0.15) is 0 Å². The normalized spacial score (nSPS) is 11.4. The standard InChI is InChI=1S/C15H12BrClN5O4P/c16-10-3-8(1-2-11(10)17)21-15-9-4-13(18-5-12(9)19-7-20-15)22-14(23)6-27(24,25)26/h1-5,7H,6H2,(H,18,22,23)(H,19,20,21)(H2,24,25,26). The zero-order valence-electron chi connectivity index (χ0n) is 13.4. The third-order valence-electron chi connectivity index (χ3n) is 3.32. The number of nitrogens with zero attached hydrogens (tertiary/aromatic N) is 3. The molecule has 0 unspecified atom stereocenters. The minimum atomic E-state index is -4.46. The highest BCUT2D eigenvalue weighted by atomic mass is 79.9. The van der Waals surface area contributed by atoms with Crippen LogP contribution in [0.5, 0.6) is 0 Å². The van der Waals surface area contributed by atoms with Crippen LogP contribution in [0.4, 0.5) is 17.3 Å². The Morgan fingerprint density at radius 2 is 2.00 bits per heavy atom. The number of aromatic nitrogens is 3. The molecular weight excluding hydrogens is 461 g/mol. The van der Waals surface area contributed by atoms with Crippen molar-refractivity contribution in [1.29, 1.82) is 0 Å². The molecule has 3 rings (SSSR count). The Labute approximate surface area is 166 Å². The first-order chi connectivity index (χ1) is 12.7. The molecule has 12 heteroatoms. The Morgan fingerprint density at radius 1 is 1.22 bits per heavy atom. The quantitative estimate of drug-likeness (QED) is 0.415. The molecule has 0 aliphatic heterocycles. The second-order valence-electron chi connectivity index (χ2n) is 5.43. The van der Waals surface area contributed by atoms with Crippen molar-refractivity contribution in [3.63, 3.8) is 0 Å². The number of fused-ring (bicyclic) bond motifs is 1. The predicted octanol–water partition coefficient (Wildman–Crippen LogP) is 3.30. The van der Waals surface area contributed by atoms with E-state index >= 15 is 0 Å². The lowest BCUT2D eigenvalue weighted by Gasteiger charge is -2.11. The molecule has 0 bridgehead atoms. The van der Waals surface area contributed by atoms with Crippen molar-refractivity contribution in [1.82, 2.24) is 15.0 Å². The molecule has 4 N–H and O–H groups in total.